The van der Waals surface area contributed by atoms with Crippen molar-refractivity contribution >= 4 is 23.3 Å². The highest BCUT2D eigenvalue weighted by Gasteiger charge is 2.12. The number of hydrogen-bond acceptors (Lipinski definition) is 6. The molecule has 0 aliphatic carbocycles. The Kier molecular flexibility index (Phi) is 6.91. The zero-order chi connectivity index (χ0) is 18.1. The Morgan fingerprint density at radius 2 is 1.96 bits per heavy atom. The number of esters is 1. The Morgan fingerprint density at radius 1 is 1.16 bits per heavy atom. The third-order valence-corrected chi connectivity index (χ3v) is 3.41. The van der Waals surface area contributed by atoms with Crippen LogP contribution in [0, 0.1) is 0 Å². The number of ether oxygens (including phenoxy) is 2. The van der Waals surface area contributed by atoms with Gasteiger partial charge in [-0.15, -0.1) is 0 Å². The highest BCUT2D eigenvalue weighted by Crippen LogP contribution is 2.21. The first-order valence-electron chi connectivity index (χ1n) is 7.83. The molecule has 0 aliphatic rings. The normalized spacial score (nSPS) is 10.2. The fourth-order valence-corrected chi connectivity index (χ4v) is 2.18. The van der Waals surface area contributed by atoms with Crippen LogP contribution in [0.2, 0.25) is 0 Å². The van der Waals surface area contributed by atoms with Crippen LogP contribution in [-0.2, 0) is 9.47 Å². The monoisotopic (exact) mass is 343 g/mol. The highest BCUT2D eigenvalue weighted by atomic mass is 16.5. The van der Waals surface area contributed by atoms with E-state index in [0.29, 0.717) is 30.1 Å². The van der Waals surface area contributed by atoms with Crippen LogP contribution in [0.5, 0.6) is 0 Å². The van der Waals surface area contributed by atoms with Gasteiger partial charge in [0.25, 0.3) is 5.91 Å². The minimum absolute atomic E-state index is 0.263. The van der Waals surface area contributed by atoms with Crippen LogP contribution in [0.15, 0.2) is 42.6 Å². The Morgan fingerprint density at radius 3 is 2.72 bits per heavy atom. The molecule has 2 rings (SSSR count). The number of anilines is 2. The average Bonchev–Trinajstić information content (AvgIpc) is 2.65. The van der Waals surface area contributed by atoms with Gasteiger partial charge in [-0.05, 0) is 30.7 Å². The van der Waals surface area contributed by atoms with E-state index in [1.807, 2.05) is 0 Å². The molecule has 0 unspecified atom stereocenters. The first-order chi connectivity index (χ1) is 12.2. The molecule has 1 aromatic heterocycles. The zero-order valence-electron chi connectivity index (χ0n) is 14.2. The molecular formula is C18H21N3O4. The SMILES string of the molecule is COCCCNC(=O)c1cc(Nc2ccccc2C(=O)OC)ccn1. The number of hydrogen-bond donors (Lipinski definition) is 2. The van der Waals surface area contributed by atoms with Crippen molar-refractivity contribution in [2.24, 2.45) is 0 Å². The molecule has 1 aromatic carbocycles. The van der Waals surface area contributed by atoms with Crippen molar-refractivity contribution < 1.29 is 19.1 Å². The topological polar surface area (TPSA) is 89.6 Å². The zero-order valence-corrected chi connectivity index (χ0v) is 14.2. The summed E-state index contributed by atoms with van der Waals surface area (Å²) < 4.78 is 9.72. The number of methoxy groups -OCH3 is 2. The Balaban J connectivity index is 2.09. The minimum Gasteiger partial charge on any atom is -0.465 e. The Bertz CT molecular complexity index is 734. The molecule has 2 aromatic rings. The van der Waals surface area contributed by atoms with Gasteiger partial charge in [0.1, 0.15) is 5.69 Å². The van der Waals surface area contributed by atoms with E-state index in [2.05, 4.69) is 15.6 Å². The summed E-state index contributed by atoms with van der Waals surface area (Å²) in [6.45, 7) is 1.09. The summed E-state index contributed by atoms with van der Waals surface area (Å²) in [7, 11) is 2.95. The summed E-state index contributed by atoms with van der Waals surface area (Å²) in [6.07, 6.45) is 2.26. The molecule has 2 N–H and O–H groups in total. The van der Waals surface area contributed by atoms with Gasteiger partial charge in [0.2, 0.25) is 0 Å². The number of pyridine rings is 1. The lowest BCUT2D eigenvalue weighted by atomic mass is 10.1. The minimum atomic E-state index is -0.437. The number of rotatable bonds is 8. The summed E-state index contributed by atoms with van der Waals surface area (Å²) >= 11 is 0. The number of nitrogens with zero attached hydrogens (tertiary/aromatic N) is 1. The van der Waals surface area contributed by atoms with Crippen molar-refractivity contribution in [3.63, 3.8) is 0 Å². The standard InChI is InChI=1S/C18H21N3O4/c1-24-11-5-9-20-17(22)16-12-13(8-10-19-16)21-15-7-4-3-6-14(15)18(23)25-2/h3-4,6-8,10,12H,5,9,11H2,1-2H3,(H,19,21)(H,20,22). The van der Waals surface area contributed by atoms with Crippen molar-refractivity contribution in [1.82, 2.24) is 10.3 Å². The molecule has 7 heteroatoms. The van der Waals surface area contributed by atoms with Crippen LogP contribution in [0.4, 0.5) is 11.4 Å². The smallest absolute Gasteiger partial charge is 0.339 e. The Hall–Kier alpha value is -2.93. The molecule has 0 saturated heterocycles. The highest BCUT2D eigenvalue weighted by molar-refractivity contribution is 5.97. The van der Waals surface area contributed by atoms with Crippen LogP contribution in [0.25, 0.3) is 0 Å². The lowest BCUT2D eigenvalue weighted by Gasteiger charge is -2.11. The van der Waals surface area contributed by atoms with Gasteiger partial charge in [0.15, 0.2) is 0 Å². The number of aromatic nitrogens is 1. The van der Waals surface area contributed by atoms with Crippen LogP contribution >= 0.6 is 0 Å². The predicted molar refractivity (Wildman–Crippen MR) is 94.1 cm³/mol. The number of amides is 1. The maximum Gasteiger partial charge on any atom is 0.339 e. The van der Waals surface area contributed by atoms with Crippen molar-refractivity contribution in [2.45, 2.75) is 6.42 Å². The molecule has 0 atom stereocenters. The molecule has 1 heterocycles. The summed E-state index contributed by atoms with van der Waals surface area (Å²) in [5, 5.41) is 5.90. The second-order valence-electron chi connectivity index (χ2n) is 5.19. The fourth-order valence-electron chi connectivity index (χ4n) is 2.18. The van der Waals surface area contributed by atoms with Crippen LogP contribution in [-0.4, -0.2) is 44.2 Å². The molecule has 0 bridgehead atoms. The first-order valence-corrected chi connectivity index (χ1v) is 7.83. The van der Waals surface area contributed by atoms with Crippen molar-refractivity contribution in [1.29, 1.82) is 0 Å². The summed E-state index contributed by atoms with van der Waals surface area (Å²) in [5.74, 6) is -0.700. The molecule has 132 valence electrons. The average molecular weight is 343 g/mol. The Labute approximate surface area is 146 Å². The summed E-state index contributed by atoms with van der Waals surface area (Å²) in [6, 6.07) is 10.3. The molecule has 0 aliphatic heterocycles. The van der Waals surface area contributed by atoms with E-state index in [-0.39, 0.29) is 11.6 Å². The van der Waals surface area contributed by atoms with Gasteiger partial charge in [0, 0.05) is 32.1 Å². The number of benzene rings is 1. The molecule has 0 radical (unpaired) electrons. The van der Waals surface area contributed by atoms with E-state index in [1.165, 1.54) is 13.3 Å². The fraction of sp³-hybridized carbons (Fsp3) is 0.278. The number of carbonyl (C=O) groups is 2. The number of para-hydroxylation sites is 1. The predicted octanol–water partition coefficient (Wildman–Crippen LogP) is 2.38. The molecule has 0 spiro atoms. The van der Waals surface area contributed by atoms with Gasteiger partial charge in [0.05, 0.1) is 18.4 Å². The first kappa shape index (κ1) is 18.4. The van der Waals surface area contributed by atoms with E-state index in [1.54, 1.807) is 43.5 Å². The third kappa shape index (κ3) is 5.29. The van der Waals surface area contributed by atoms with Crippen molar-refractivity contribution in [3.8, 4) is 0 Å². The van der Waals surface area contributed by atoms with E-state index >= 15 is 0 Å². The lowest BCUT2D eigenvalue weighted by Crippen LogP contribution is -2.26. The number of nitrogens with one attached hydrogen (secondary N) is 2. The van der Waals surface area contributed by atoms with Crippen LogP contribution < -0.4 is 10.6 Å². The summed E-state index contributed by atoms with van der Waals surface area (Å²) in [5.41, 5.74) is 1.94. The second kappa shape index (κ2) is 9.39. The largest absolute Gasteiger partial charge is 0.465 e. The molecule has 0 fully saturated rings. The molecular weight excluding hydrogens is 322 g/mol. The van der Waals surface area contributed by atoms with E-state index < -0.39 is 5.97 Å². The maximum atomic E-state index is 12.1. The van der Waals surface area contributed by atoms with Gasteiger partial charge in [-0.25, -0.2) is 4.79 Å². The summed E-state index contributed by atoms with van der Waals surface area (Å²) in [4.78, 5) is 28.0. The van der Waals surface area contributed by atoms with E-state index in [9.17, 15) is 9.59 Å². The van der Waals surface area contributed by atoms with Crippen molar-refractivity contribution in [3.05, 3.63) is 53.9 Å². The van der Waals surface area contributed by atoms with E-state index in [4.69, 9.17) is 9.47 Å². The quantitative estimate of drug-likeness (QED) is 0.565. The molecule has 1 amide bonds. The van der Waals surface area contributed by atoms with Gasteiger partial charge in [-0.3, -0.25) is 9.78 Å². The van der Waals surface area contributed by atoms with E-state index in [0.717, 1.165) is 6.42 Å². The second-order valence-corrected chi connectivity index (χ2v) is 5.19. The van der Waals surface area contributed by atoms with Crippen LogP contribution in [0.3, 0.4) is 0 Å². The van der Waals surface area contributed by atoms with Gasteiger partial charge >= 0.3 is 5.97 Å². The van der Waals surface area contributed by atoms with Gasteiger partial charge in [-0.1, -0.05) is 12.1 Å². The molecule has 25 heavy (non-hydrogen) atoms. The maximum absolute atomic E-state index is 12.1. The molecule has 0 saturated carbocycles. The van der Waals surface area contributed by atoms with Crippen molar-refractivity contribution in [2.75, 3.05) is 32.7 Å². The van der Waals surface area contributed by atoms with Crippen LogP contribution in [0.1, 0.15) is 27.3 Å². The van der Waals surface area contributed by atoms with Gasteiger partial charge < -0.3 is 20.1 Å². The van der Waals surface area contributed by atoms with Gasteiger partial charge in [-0.2, -0.15) is 0 Å². The molecule has 7 nitrogen and oxygen atoms in total. The third-order valence-electron chi connectivity index (χ3n) is 3.41. The lowest BCUT2D eigenvalue weighted by molar-refractivity contribution is 0.0601. The number of carbonyl (C=O) groups excluding carboxylic acids is 2.